The zero-order valence-corrected chi connectivity index (χ0v) is 19.6. The van der Waals surface area contributed by atoms with Crippen molar-refractivity contribution in [3.8, 4) is 5.75 Å². The largest absolute Gasteiger partial charge is 0.487 e. The van der Waals surface area contributed by atoms with Gasteiger partial charge in [-0.05, 0) is 70.9 Å². The second-order valence-corrected chi connectivity index (χ2v) is 9.27. The Morgan fingerprint density at radius 2 is 1.47 bits per heavy atom. The van der Waals surface area contributed by atoms with Crippen LogP contribution in [0.5, 0.6) is 5.75 Å². The zero-order chi connectivity index (χ0) is 22.7. The molecule has 0 unspecified atom stereocenters. The van der Waals surface area contributed by atoms with Crippen molar-refractivity contribution in [1.82, 2.24) is 4.90 Å². The van der Waals surface area contributed by atoms with Crippen LogP contribution in [0.4, 0.5) is 4.79 Å². The molecule has 0 spiro atoms. The topological polar surface area (TPSA) is 46.6 Å². The van der Waals surface area contributed by atoms with Gasteiger partial charge in [0.15, 0.2) is 0 Å². The van der Waals surface area contributed by atoms with Gasteiger partial charge in [0.1, 0.15) is 12.4 Å². The van der Waals surface area contributed by atoms with E-state index in [4.69, 9.17) is 39.5 Å². The van der Waals surface area contributed by atoms with Gasteiger partial charge < -0.3 is 4.74 Å². The summed E-state index contributed by atoms with van der Waals surface area (Å²) in [6.45, 7) is 0.539. The summed E-state index contributed by atoms with van der Waals surface area (Å²) in [4.78, 5) is 26.7. The van der Waals surface area contributed by atoms with Crippen LogP contribution < -0.4 is 4.74 Å². The zero-order valence-electron chi connectivity index (χ0n) is 16.6. The second kappa shape index (κ2) is 10.0. The Labute approximate surface area is 204 Å². The van der Waals surface area contributed by atoms with Crippen molar-refractivity contribution >= 4 is 63.8 Å². The van der Waals surface area contributed by atoms with Crippen molar-refractivity contribution in [1.29, 1.82) is 0 Å². The van der Waals surface area contributed by atoms with Crippen molar-refractivity contribution in [2.75, 3.05) is 0 Å². The van der Waals surface area contributed by atoms with E-state index in [0.717, 1.165) is 22.9 Å². The third-order valence-electron chi connectivity index (χ3n) is 4.69. The first-order valence-corrected chi connectivity index (χ1v) is 11.5. The minimum Gasteiger partial charge on any atom is -0.487 e. The van der Waals surface area contributed by atoms with Crippen LogP contribution in [0.3, 0.4) is 0 Å². The Hall–Kier alpha value is -2.44. The maximum absolute atomic E-state index is 12.7. The number of rotatable bonds is 6. The molecule has 0 aromatic heterocycles. The molecule has 1 saturated heterocycles. The highest BCUT2D eigenvalue weighted by molar-refractivity contribution is 8.18. The number of hydrogen-bond donors (Lipinski definition) is 0. The van der Waals surface area contributed by atoms with E-state index in [0.29, 0.717) is 37.9 Å². The molecule has 32 heavy (non-hydrogen) atoms. The standard InChI is InChI=1S/C24H16Cl3NO3S/c25-18-6-1-15(2-7-18)13-28-23(29)22(32-24(28)30)12-17-5-10-21(20(27)11-17)31-14-16-3-8-19(26)9-4-16/h1-12H,13-14H2/b22-12-. The highest BCUT2D eigenvalue weighted by Crippen LogP contribution is 2.35. The molecule has 4 rings (SSSR count). The Morgan fingerprint density at radius 3 is 2.09 bits per heavy atom. The third-order valence-corrected chi connectivity index (χ3v) is 6.40. The lowest BCUT2D eigenvalue weighted by molar-refractivity contribution is -0.123. The van der Waals surface area contributed by atoms with Gasteiger partial charge in [-0.1, -0.05) is 65.1 Å². The van der Waals surface area contributed by atoms with Crippen LogP contribution in [0, 0.1) is 0 Å². The first kappa shape index (κ1) is 22.7. The fourth-order valence-electron chi connectivity index (χ4n) is 3.03. The van der Waals surface area contributed by atoms with E-state index in [2.05, 4.69) is 0 Å². The van der Waals surface area contributed by atoms with Gasteiger partial charge in [0, 0.05) is 10.0 Å². The lowest BCUT2D eigenvalue weighted by Crippen LogP contribution is -2.27. The molecule has 3 aromatic carbocycles. The molecule has 1 aliphatic rings. The molecule has 0 aliphatic carbocycles. The number of nitrogens with zero attached hydrogens (tertiary/aromatic N) is 1. The molecular formula is C24H16Cl3NO3S. The van der Waals surface area contributed by atoms with Gasteiger partial charge in [0.05, 0.1) is 16.5 Å². The average molecular weight is 505 g/mol. The Kier molecular flexibility index (Phi) is 7.11. The van der Waals surface area contributed by atoms with Crippen LogP contribution in [0.15, 0.2) is 71.6 Å². The second-order valence-electron chi connectivity index (χ2n) is 7.00. The summed E-state index contributed by atoms with van der Waals surface area (Å²) in [5.41, 5.74) is 2.48. The smallest absolute Gasteiger partial charge is 0.293 e. The first-order valence-electron chi connectivity index (χ1n) is 9.55. The number of halogens is 3. The molecule has 1 aliphatic heterocycles. The van der Waals surface area contributed by atoms with Crippen molar-refractivity contribution in [3.05, 3.63) is 103 Å². The fourth-order valence-corrected chi connectivity index (χ4v) is 4.36. The Morgan fingerprint density at radius 1 is 0.844 bits per heavy atom. The highest BCUT2D eigenvalue weighted by Gasteiger charge is 2.35. The van der Waals surface area contributed by atoms with Crippen molar-refractivity contribution in [2.24, 2.45) is 0 Å². The summed E-state index contributed by atoms with van der Waals surface area (Å²) in [6.07, 6.45) is 1.65. The monoisotopic (exact) mass is 503 g/mol. The van der Waals surface area contributed by atoms with Gasteiger partial charge in [-0.2, -0.15) is 0 Å². The van der Waals surface area contributed by atoms with E-state index in [-0.39, 0.29) is 17.7 Å². The van der Waals surface area contributed by atoms with Gasteiger partial charge in [-0.25, -0.2) is 0 Å². The lowest BCUT2D eigenvalue weighted by atomic mass is 10.2. The first-order chi connectivity index (χ1) is 15.4. The molecule has 1 fully saturated rings. The van der Waals surface area contributed by atoms with Gasteiger partial charge in [0.2, 0.25) is 0 Å². The van der Waals surface area contributed by atoms with E-state index in [9.17, 15) is 9.59 Å². The minimum atomic E-state index is -0.339. The SMILES string of the molecule is O=C1S/C(=C\c2ccc(OCc3ccc(Cl)cc3)c(Cl)c2)C(=O)N1Cc1ccc(Cl)cc1. The van der Waals surface area contributed by atoms with E-state index in [1.165, 1.54) is 4.90 Å². The van der Waals surface area contributed by atoms with Crippen LogP contribution >= 0.6 is 46.6 Å². The molecule has 162 valence electrons. The molecule has 8 heteroatoms. The molecule has 0 N–H and O–H groups in total. The van der Waals surface area contributed by atoms with E-state index in [1.54, 1.807) is 60.7 Å². The van der Waals surface area contributed by atoms with Crippen LogP contribution in [-0.2, 0) is 17.9 Å². The fraction of sp³-hybridized carbons (Fsp3) is 0.0833. The number of imide groups is 1. The van der Waals surface area contributed by atoms with E-state index < -0.39 is 0 Å². The number of amides is 2. The van der Waals surface area contributed by atoms with Gasteiger partial charge in [-0.15, -0.1) is 0 Å². The maximum atomic E-state index is 12.7. The summed E-state index contributed by atoms with van der Waals surface area (Å²) in [5.74, 6) is 0.184. The Balaban J connectivity index is 1.44. The summed E-state index contributed by atoms with van der Waals surface area (Å²) in [6, 6.07) is 19.6. The molecule has 4 nitrogen and oxygen atoms in total. The van der Waals surface area contributed by atoms with Crippen molar-refractivity contribution in [2.45, 2.75) is 13.2 Å². The van der Waals surface area contributed by atoms with Crippen LogP contribution in [0.25, 0.3) is 6.08 Å². The predicted molar refractivity (Wildman–Crippen MR) is 130 cm³/mol. The summed E-state index contributed by atoms with van der Waals surface area (Å²) < 4.78 is 5.78. The van der Waals surface area contributed by atoms with Gasteiger partial charge >= 0.3 is 0 Å². The molecule has 3 aromatic rings. The lowest BCUT2D eigenvalue weighted by Gasteiger charge is -2.12. The average Bonchev–Trinajstić information content (AvgIpc) is 3.03. The van der Waals surface area contributed by atoms with Crippen LogP contribution in [0.1, 0.15) is 16.7 Å². The van der Waals surface area contributed by atoms with Crippen LogP contribution in [0.2, 0.25) is 15.1 Å². The molecule has 0 radical (unpaired) electrons. The molecule has 0 saturated carbocycles. The summed E-state index contributed by atoms with van der Waals surface area (Å²) >= 11 is 19.1. The minimum absolute atomic E-state index is 0.192. The normalized spacial score (nSPS) is 15.0. The van der Waals surface area contributed by atoms with Gasteiger partial charge in [-0.3, -0.25) is 14.5 Å². The van der Waals surface area contributed by atoms with E-state index >= 15 is 0 Å². The molecule has 0 bridgehead atoms. The maximum Gasteiger partial charge on any atom is 0.293 e. The molecule has 2 amide bonds. The molecule has 1 heterocycles. The number of carbonyl (C=O) groups is 2. The van der Waals surface area contributed by atoms with Crippen molar-refractivity contribution in [3.63, 3.8) is 0 Å². The summed E-state index contributed by atoms with van der Waals surface area (Å²) in [7, 11) is 0. The highest BCUT2D eigenvalue weighted by atomic mass is 35.5. The Bertz CT molecular complexity index is 1190. The molecule has 0 atom stereocenters. The van der Waals surface area contributed by atoms with Crippen molar-refractivity contribution < 1.29 is 14.3 Å². The summed E-state index contributed by atoms with van der Waals surface area (Å²) in [5, 5.41) is 1.35. The number of ether oxygens (including phenoxy) is 1. The predicted octanol–water partition coefficient (Wildman–Crippen LogP) is 7.46. The quantitative estimate of drug-likeness (QED) is 0.327. The number of hydrogen-bond acceptors (Lipinski definition) is 4. The third kappa shape index (κ3) is 5.48. The number of thioether (sulfide) groups is 1. The molecular weight excluding hydrogens is 489 g/mol. The number of benzene rings is 3. The number of carbonyl (C=O) groups excluding carboxylic acids is 2. The van der Waals surface area contributed by atoms with E-state index in [1.807, 2.05) is 12.1 Å². The van der Waals surface area contributed by atoms with Gasteiger partial charge in [0.25, 0.3) is 11.1 Å². The van der Waals surface area contributed by atoms with Crippen LogP contribution in [-0.4, -0.2) is 16.0 Å².